The van der Waals surface area contributed by atoms with Gasteiger partial charge in [0.2, 0.25) is 11.8 Å². The number of halogens is 1. The zero-order valence-electron chi connectivity index (χ0n) is 18.7. The SMILES string of the molecule is CC(C)Oc1c(-c2cn[nH]c2)ncc2nc(N[C@H]3CCN(S(=O)(=O)NCCCl)C[C@H]3C)nn12. The van der Waals surface area contributed by atoms with E-state index in [1.807, 2.05) is 20.8 Å². The minimum atomic E-state index is -3.54. The Morgan fingerprint density at radius 3 is 2.85 bits per heavy atom. The average molecular weight is 498 g/mol. The van der Waals surface area contributed by atoms with E-state index >= 15 is 0 Å². The summed E-state index contributed by atoms with van der Waals surface area (Å²) in [5.41, 5.74) is 1.93. The molecular formula is C19H28ClN9O3S. The van der Waals surface area contributed by atoms with Gasteiger partial charge in [-0.1, -0.05) is 6.92 Å². The van der Waals surface area contributed by atoms with Crippen LogP contribution < -0.4 is 14.8 Å². The van der Waals surface area contributed by atoms with Gasteiger partial charge in [-0.2, -0.15) is 27.3 Å². The van der Waals surface area contributed by atoms with Gasteiger partial charge in [0.1, 0.15) is 5.69 Å². The number of hydrogen-bond acceptors (Lipinski definition) is 8. The molecule has 0 unspecified atom stereocenters. The number of aromatic amines is 1. The Bertz CT molecular complexity index is 1180. The molecule has 12 nitrogen and oxygen atoms in total. The molecule has 4 heterocycles. The van der Waals surface area contributed by atoms with Crippen LogP contribution in [0, 0.1) is 5.92 Å². The molecule has 33 heavy (non-hydrogen) atoms. The van der Waals surface area contributed by atoms with Gasteiger partial charge in [-0.25, -0.2) is 9.71 Å². The van der Waals surface area contributed by atoms with Gasteiger partial charge in [0.15, 0.2) is 5.65 Å². The van der Waals surface area contributed by atoms with Crippen molar-refractivity contribution in [3.05, 3.63) is 18.6 Å². The van der Waals surface area contributed by atoms with Crippen LogP contribution in [-0.4, -0.2) is 80.2 Å². The number of H-pyrrole nitrogens is 1. The van der Waals surface area contributed by atoms with Gasteiger partial charge >= 0.3 is 0 Å². The Balaban J connectivity index is 1.54. The van der Waals surface area contributed by atoms with E-state index in [1.54, 1.807) is 23.1 Å². The second kappa shape index (κ2) is 9.79. The van der Waals surface area contributed by atoms with Gasteiger partial charge < -0.3 is 10.1 Å². The molecule has 180 valence electrons. The van der Waals surface area contributed by atoms with Crippen molar-refractivity contribution in [3.63, 3.8) is 0 Å². The number of anilines is 1. The number of aromatic nitrogens is 6. The predicted molar refractivity (Wildman–Crippen MR) is 125 cm³/mol. The lowest BCUT2D eigenvalue weighted by atomic mass is 9.95. The van der Waals surface area contributed by atoms with Crippen LogP contribution in [0.25, 0.3) is 16.9 Å². The summed E-state index contributed by atoms with van der Waals surface area (Å²) in [6.07, 6.45) is 5.56. The molecule has 0 amide bonds. The second-order valence-electron chi connectivity index (χ2n) is 8.23. The first kappa shape index (κ1) is 23.7. The normalized spacial score (nSPS) is 19.9. The van der Waals surface area contributed by atoms with Crippen LogP contribution in [0.1, 0.15) is 27.2 Å². The summed E-state index contributed by atoms with van der Waals surface area (Å²) < 4.78 is 36.4. The van der Waals surface area contributed by atoms with Crippen molar-refractivity contribution in [1.82, 2.24) is 38.8 Å². The van der Waals surface area contributed by atoms with E-state index in [0.29, 0.717) is 42.7 Å². The molecule has 0 radical (unpaired) electrons. The molecular weight excluding hydrogens is 470 g/mol. The Morgan fingerprint density at radius 1 is 1.36 bits per heavy atom. The van der Waals surface area contributed by atoms with Gasteiger partial charge in [0.25, 0.3) is 10.2 Å². The maximum atomic E-state index is 12.4. The fourth-order valence-corrected chi connectivity index (χ4v) is 5.29. The maximum Gasteiger partial charge on any atom is 0.279 e. The smallest absolute Gasteiger partial charge is 0.279 e. The number of piperidine rings is 1. The molecule has 2 atom stereocenters. The molecule has 1 aliphatic heterocycles. The molecule has 0 saturated carbocycles. The van der Waals surface area contributed by atoms with E-state index in [-0.39, 0.29) is 30.5 Å². The summed E-state index contributed by atoms with van der Waals surface area (Å²) in [5, 5.41) is 14.8. The number of hydrogen-bond donors (Lipinski definition) is 3. The molecule has 0 spiro atoms. The average Bonchev–Trinajstić information content (AvgIpc) is 3.43. The van der Waals surface area contributed by atoms with Crippen molar-refractivity contribution >= 4 is 33.4 Å². The van der Waals surface area contributed by atoms with Crippen LogP contribution in [0.4, 0.5) is 5.95 Å². The number of alkyl halides is 1. The van der Waals surface area contributed by atoms with Gasteiger partial charge in [0, 0.05) is 43.3 Å². The first-order chi connectivity index (χ1) is 15.8. The Labute approximate surface area is 197 Å². The van der Waals surface area contributed by atoms with E-state index in [0.717, 1.165) is 5.56 Å². The summed E-state index contributed by atoms with van der Waals surface area (Å²) in [5.74, 6) is 1.18. The summed E-state index contributed by atoms with van der Waals surface area (Å²) in [7, 11) is -3.54. The van der Waals surface area contributed by atoms with Crippen LogP contribution in [0.2, 0.25) is 0 Å². The van der Waals surface area contributed by atoms with Crippen LogP contribution in [0.15, 0.2) is 18.6 Å². The molecule has 1 aliphatic rings. The third-order valence-corrected chi connectivity index (χ3v) is 7.13. The molecule has 0 bridgehead atoms. The molecule has 0 aromatic carbocycles. The first-order valence-corrected chi connectivity index (χ1v) is 12.7. The Morgan fingerprint density at radius 2 is 2.18 bits per heavy atom. The number of rotatable bonds is 9. The molecule has 3 aromatic heterocycles. The predicted octanol–water partition coefficient (Wildman–Crippen LogP) is 1.50. The Kier molecular flexibility index (Phi) is 7.02. The first-order valence-electron chi connectivity index (χ1n) is 10.8. The minimum Gasteiger partial charge on any atom is -0.473 e. The van der Waals surface area contributed by atoms with Gasteiger partial charge in [-0.15, -0.1) is 16.7 Å². The molecule has 1 fully saturated rings. The van der Waals surface area contributed by atoms with Crippen LogP contribution in [0.3, 0.4) is 0 Å². The lowest BCUT2D eigenvalue weighted by molar-refractivity contribution is 0.227. The van der Waals surface area contributed by atoms with Crippen LogP contribution >= 0.6 is 11.6 Å². The van der Waals surface area contributed by atoms with E-state index in [4.69, 9.17) is 16.3 Å². The Hall–Kier alpha value is -2.48. The van der Waals surface area contributed by atoms with Gasteiger partial charge in [0.05, 0.1) is 18.5 Å². The number of ether oxygens (including phenoxy) is 1. The molecule has 14 heteroatoms. The standard InChI is InChI=1S/C19H28ClN9O3S/c1-12(2)32-18-17(14-8-22-23-9-14)21-10-16-26-19(27-29(16)18)25-15-4-7-28(11-13(15)3)33(30,31)24-6-5-20/h8-10,12-13,15,24H,4-7,11H2,1-3H3,(H,22,23)(H,25,27)/t13-,15+/m1/s1. The fraction of sp³-hybridized carbons (Fsp3) is 0.579. The van der Waals surface area contributed by atoms with Gasteiger partial charge in [-0.05, 0) is 26.2 Å². The van der Waals surface area contributed by atoms with Crippen LogP contribution in [-0.2, 0) is 10.2 Å². The van der Waals surface area contributed by atoms with Gasteiger partial charge in [-0.3, -0.25) is 5.10 Å². The highest BCUT2D eigenvalue weighted by atomic mass is 35.5. The highest BCUT2D eigenvalue weighted by Crippen LogP contribution is 2.29. The summed E-state index contributed by atoms with van der Waals surface area (Å²) in [4.78, 5) is 9.07. The molecule has 3 N–H and O–H groups in total. The van der Waals surface area contributed by atoms with E-state index in [1.165, 1.54) is 4.31 Å². The third kappa shape index (κ3) is 5.21. The van der Waals surface area contributed by atoms with Crippen LogP contribution in [0.5, 0.6) is 5.88 Å². The maximum absolute atomic E-state index is 12.4. The highest BCUT2D eigenvalue weighted by molar-refractivity contribution is 7.87. The summed E-state index contributed by atoms with van der Waals surface area (Å²) in [6.45, 7) is 6.84. The fourth-order valence-electron chi connectivity index (χ4n) is 3.77. The third-order valence-electron chi connectivity index (χ3n) is 5.36. The van der Waals surface area contributed by atoms with Crippen molar-refractivity contribution < 1.29 is 13.2 Å². The number of fused-ring (bicyclic) bond motifs is 1. The largest absolute Gasteiger partial charge is 0.473 e. The van der Waals surface area contributed by atoms with E-state index in [9.17, 15) is 8.42 Å². The summed E-state index contributed by atoms with van der Waals surface area (Å²) in [6, 6.07) is 0.0117. The number of nitrogens with one attached hydrogen (secondary N) is 3. The molecule has 0 aliphatic carbocycles. The zero-order valence-corrected chi connectivity index (χ0v) is 20.3. The van der Waals surface area contributed by atoms with Crippen molar-refractivity contribution in [3.8, 4) is 17.1 Å². The van der Waals surface area contributed by atoms with E-state index < -0.39 is 10.2 Å². The monoisotopic (exact) mass is 497 g/mol. The second-order valence-corrected chi connectivity index (χ2v) is 10.4. The zero-order chi connectivity index (χ0) is 23.6. The van der Waals surface area contributed by atoms with Crippen molar-refractivity contribution in [2.75, 3.05) is 30.8 Å². The lowest BCUT2D eigenvalue weighted by Gasteiger charge is -2.36. The minimum absolute atomic E-state index is 0.0117. The molecule has 1 saturated heterocycles. The lowest BCUT2D eigenvalue weighted by Crippen LogP contribution is -2.51. The summed E-state index contributed by atoms with van der Waals surface area (Å²) >= 11 is 5.61. The van der Waals surface area contributed by atoms with Crippen molar-refractivity contribution in [2.45, 2.75) is 39.3 Å². The van der Waals surface area contributed by atoms with Crippen molar-refractivity contribution in [1.29, 1.82) is 0 Å². The van der Waals surface area contributed by atoms with Crippen molar-refractivity contribution in [2.24, 2.45) is 5.92 Å². The number of nitrogens with zero attached hydrogens (tertiary/aromatic N) is 6. The highest BCUT2D eigenvalue weighted by Gasteiger charge is 2.33. The quantitative estimate of drug-likeness (QED) is 0.377. The molecule has 4 rings (SSSR count). The topological polar surface area (TPSA) is 142 Å². The molecule has 3 aromatic rings. The van der Waals surface area contributed by atoms with E-state index in [2.05, 4.69) is 35.3 Å².